The van der Waals surface area contributed by atoms with Crippen LogP contribution in [0.1, 0.15) is 30.3 Å². The zero-order valence-electron chi connectivity index (χ0n) is 16.4. The van der Waals surface area contributed by atoms with Crippen LogP contribution in [0.3, 0.4) is 0 Å². The molecule has 5 heteroatoms. The summed E-state index contributed by atoms with van der Waals surface area (Å²) in [6.45, 7) is 3.57. The van der Waals surface area contributed by atoms with Crippen molar-refractivity contribution in [2.75, 3.05) is 20.2 Å². The van der Waals surface area contributed by atoms with E-state index in [4.69, 9.17) is 9.72 Å². The first-order chi connectivity index (χ1) is 13.6. The second-order valence-corrected chi connectivity index (χ2v) is 8.79. The molecule has 28 heavy (non-hydrogen) atoms. The first kappa shape index (κ1) is 19.1. The quantitative estimate of drug-likeness (QED) is 0.643. The number of para-hydroxylation sites is 1. The van der Waals surface area contributed by atoms with Crippen molar-refractivity contribution in [3.05, 3.63) is 65.2 Å². The molecular weight excluding hydrogens is 368 g/mol. The predicted molar refractivity (Wildman–Crippen MR) is 114 cm³/mol. The fourth-order valence-corrected chi connectivity index (χ4v) is 5.17. The van der Waals surface area contributed by atoms with Gasteiger partial charge in [0.1, 0.15) is 0 Å². The highest BCUT2D eigenvalue weighted by Gasteiger charge is 2.40. The molecule has 1 saturated heterocycles. The normalized spacial score (nSPS) is 17.6. The second kappa shape index (κ2) is 8.02. The van der Waals surface area contributed by atoms with E-state index in [1.165, 1.54) is 4.70 Å². The molecule has 2 heterocycles. The molecule has 0 spiro atoms. The van der Waals surface area contributed by atoms with E-state index >= 15 is 0 Å². The molecule has 0 saturated carbocycles. The van der Waals surface area contributed by atoms with Crippen LogP contribution in [-0.4, -0.2) is 42.1 Å². The van der Waals surface area contributed by atoms with E-state index in [9.17, 15) is 4.79 Å². The lowest BCUT2D eigenvalue weighted by Gasteiger charge is -2.38. The largest absolute Gasteiger partial charge is 0.381 e. The van der Waals surface area contributed by atoms with Crippen LogP contribution in [0.25, 0.3) is 10.2 Å². The third kappa shape index (κ3) is 3.69. The second-order valence-electron chi connectivity index (χ2n) is 7.68. The van der Waals surface area contributed by atoms with Gasteiger partial charge in [-0.2, -0.15) is 0 Å². The molecule has 1 fully saturated rings. The standard InChI is InChI=1S/C23H26N2O2S/c1-23(17-8-4-3-5-9-17,22(26)25-14-12-18(27-2)13-15-25)16-21-24-19-10-6-7-11-20(19)28-21/h3-11,18H,12-16H2,1-2H3. The van der Waals surface area contributed by atoms with Crippen molar-refractivity contribution in [1.82, 2.24) is 9.88 Å². The van der Waals surface area contributed by atoms with Crippen LogP contribution in [0.15, 0.2) is 54.6 Å². The maximum Gasteiger partial charge on any atom is 0.233 e. The highest BCUT2D eigenvalue weighted by molar-refractivity contribution is 7.18. The Hall–Kier alpha value is -2.24. The van der Waals surface area contributed by atoms with Crippen LogP contribution < -0.4 is 0 Å². The van der Waals surface area contributed by atoms with Crippen LogP contribution in [-0.2, 0) is 21.4 Å². The number of likely N-dealkylation sites (tertiary alicyclic amines) is 1. The summed E-state index contributed by atoms with van der Waals surface area (Å²) in [6.07, 6.45) is 2.67. The Morgan fingerprint density at radius 1 is 1.14 bits per heavy atom. The van der Waals surface area contributed by atoms with Gasteiger partial charge < -0.3 is 9.64 Å². The predicted octanol–water partition coefficient (Wildman–Crippen LogP) is 4.43. The fraction of sp³-hybridized carbons (Fsp3) is 0.391. The summed E-state index contributed by atoms with van der Waals surface area (Å²) >= 11 is 1.69. The number of nitrogens with zero attached hydrogens (tertiary/aromatic N) is 2. The van der Waals surface area contributed by atoms with Gasteiger partial charge in [0.25, 0.3) is 0 Å². The van der Waals surface area contributed by atoms with Gasteiger partial charge in [-0.25, -0.2) is 4.98 Å². The van der Waals surface area contributed by atoms with Crippen molar-refractivity contribution in [3.63, 3.8) is 0 Å². The van der Waals surface area contributed by atoms with Gasteiger partial charge in [0.2, 0.25) is 5.91 Å². The van der Waals surface area contributed by atoms with Gasteiger partial charge in [0.15, 0.2) is 0 Å². The van der Waals surface area contributed by atoms with Gasteiger partial charge >= 0.3 is 0 Å². The van der Waals surface area contributed by atoms with Crippen molar-refractivity contribution in [3.8, 4) is 0 Å². The Morgan fingerprint density at radius 2 is 1.82 bits per heavy atom. The Bertz CT molecular complexity index is 914. The number of amides is 1. The van der Waals surface area contributed by atoms with Crippen LogP contribution in [0.2, 0.25) is 0 Å². The van der Waals surface area contributed by atoms with Crippen LogP contribution in [0.4, 0.5) is 0 Å². The van der Waals surface area contributed by atoms with Crippen molar-refractivity contribution >= 4 is 27.5 Å². The van der Waals surface area contributed by atoms with E-state index in [2.05, 4.69) is 25.1 Å². The van der Waals surface area contributed by atoms with Crippen LogP contribution >= 0.6 is 11.3 Å². The number of benzene rings is 2. The van der Waals surface area contributed by atoms with Gasteiger partial charge in [0, 0.05) is 26.6 Å². The topological polar surface area (TPSA) is 42.4 Å². The van der Waals surface area contributed by atoms with Crippen LogP contribution in [0, 0.1) is 0 Å². The molecular formula is C23H26N2O2S. The molecule has 1 amide bonds. The molecule has 1 unspecified atom stereocenters. The third-order valence-corrected chi connectivity index (χ3v) is 6.82. The highest BCUT2D eigenvalue weighted by Crippen LogP contribution is 2.34. The summed E-state index contributed by atoms with van der Waals surface area (Å²) in [4.78, 5) is 20.5. The molecule has 1 atom stereocenters. The smallest absolute Gasteiger partial charge is 0.233 e. The molecule has 1 aliphatic rings. The first-order valence-corrected chi connectivity index (χ1v) is 10.6. The number of aromatic nitrogens is 1. The van der Waals surface area contributed by atoms with Crippen molar-refractivity contribution < 1.29 is 9.53 Å². The van der Waals surface area contributed by atoms with E-state index in [0.29, 0.717) is 6.42 Å². The number of ether oxygens (including phenoxy) is 1. The lowest BCUT2D eigenvalue weighted by Crippen LogP contribution is -2.50. The summed E-state index contributed by atoms with van der Waals surface area (Å²) in [5.41, 5.74) is 1.43. The monoisotopic (exact) mass is 394 g/mol. The minimum Gasteiger partial charge on any atom is -0.381 e. The number of piperidine rings is 1. The Balaban J connectivity index is 1.65. The van der Waals surface area contributed by atoms with E-state index < -0.39 is 5.41 Å². The van der Waals surface area contributed by atoms with E-state index in [1.807, 2.05) is 41.3 Å². The molecule has 2 aromatic carbocycles. The van der Waals surface area contributed by atoms with Crippen molar-refractivity contribution in [2.45, 2.75) is 37.7 Å². The molecule has 1 aliphatic heterocycles. The minimum atomic E-state index is -0.630. The Labute approximate surface area is 170 Å². The van der Waals surface area contributed by atoms with Gasteiger partial charge in [-0.3, -0.25) is 4.79 Å². The van der Waals surface area contributed by atoms with Gasteiger partial charge in [-0.1, -0.05) is 42.5 Å². The molecule has 146 valence electrons. The molecule has 3 aromatic rings. The molecule has 4 nitrogen and oxygen atoms in total. The molecule has 0 bridgehead atoms. The van der Waals surface area contributed by atoms with Gasteiger partial charge in [-0.15, -0.1) is 11.3 Å². The van der Waals surface area contributed by atoms with Crippen LogP contribution in [0.5, 0.6) is 0 Å². The maximum atomic E-state index is 13.7. The molecule has 0 aliphatic carbocycles. The summed E-state index contributed by atoms with van der Waals surface area (Å²) < 4.78 is 6.64. The number of methoxy groups -OCH3 is 1. The zero-order valence-corrected chi connectivity index (χ0v) is 17.2. The first-order valence-electron chi connectivity index (χ1n) is 9.82. The lowest BCUT2D eigenvalue weighted by atomic mass is 9.78. The minimum absolute atomic E-state index is 0.188. The number of fused-ring (bicyclic) bond motifs is 1. The number of hydrogen-bond donors (Lipinski definition) is 0. The van der Waals surface area contributed by atoms with Crippen molar-refractivity contribution in [2.24, 2.45) is 0 Å². The van der Waals surface area contributed by atoms with E-state index in [0.717, 1.165) is 42.0 Å². The highest BCUT2D eigenvalue weighted by atomic mass is 32.1. The number of carbonyl (C=O) groups is 1. The number of thiazole rings is 1. The third-order valence-electron chi connectivity index (χ3n) is 5.79. The fourth-order valence-electron chi connectivity index (χ4n) is 4.05. The van der Waals surface area contributed by atoms with E-state index in [-0.39, 0.29) is 12.0 Å². The average molecular weight is 395 g/mol. The zero-order chi connectivity index (χ0) is 19.6. The number of hydrogen-bond acceptors (Lipinski definition) is 4. The number of carbonyl (C=O) groups excluding carboxylic acids is 1. The molecule has 4 rings (SSSR count). The van der Waals surface area contributed by atoms with Gasteiger partial charge in [-0.05, 0) is 37.5 Å². The van der Waals surface area contributed by atoms with E-state index in [1.54, 1.807) is 18.4 Å². The summed E-state index contributed by atoms with van der Waals surface area (Å²) in [6, 6.07) is 18.3. The Morgan fingerprint density at radius 3 is 2.50 bits per heavy atom. The molecule has 1 aromatic heterocycles. The van der Waals surface area contributed by atoms with Gasteiger partial charge in [0.05, 0.1) is 26.7 Å². The van der Waals surface area contributed by atoms with Crippen molar-refractivity contribution in [1.29, 1.82) is 0 Å². The summed E-state index contributed by atoms with van der Waals surface area (Å²) in [5.74, 6) is 0.188. The Kier molecular flexibility index (Phi) is 5.47. The summed E-state index contributed by atoms with van der Waals surface area (Å²) in [7, 11) is 1.75. The lowest BCUT2D eigenvalue weighted by molar-refractivity contribution is -0.139. The molecule has 0 N–H and O–H groups in total. The maximum absolute atomic E-state index is 13.7. The summed E-state index contributed by atoms with van der Waals surface area (Å²) in [5, 5.41) is 1.01. The SMILES string of the molecule is COC1CCN(C(=O)C(C)(Cc2nc3ccccc3s2)c2ccccc2)CC1. The average Bonchev–Trinajstić information content (AvgIpc) is 3.16. The molecule has 0 radical (unpaired) electrons. The number of rotatable bonds is 5.